The predicted molar refractivity (Wildman–Crippen MR) is 55.4 cm³/mol. The monoisotopic (exact) mass is 259 g/mol. The first-order valence-electron chi connectivity index (χ1n) is 3.10. The van der Waals surface area contributed by atoms with Gasteiger partial charge in [0.1, 0.15) is 0 Å². The largest absolute Gasteiger partial charge is 0.631 e. The zero-order valence-corrected chi connectivity index (χ0v) is 8.25. The minimum Gasteiger partial charge on any atom is -0.402 e. The second-order valence-corrected chi connectivity index (χ2v) is 1.39. The Balaban J connectivity index is -0.0000000369. The molecule has 0 unspecified atom stereocenters. The molecule has 0 atom stereocenters. The van der Waals surface area contributed by atoms with Crippen molar-refractivity contribution < 1.29 is 60.3 Å². The molecular formula is H12B5O12. The Hall–Kier alpha value is -0.155. The van der Waals surface area contributed by atoms with Gasteiger partial charge in [-0.1, -0.05) is 0 Å². The summed E-state index contributed by atoms with van der Waals surface area (Å²) in [6.45, 7) is 0. The fourth-order valence-corrected chi connectivity index (χ4v) is 0. The van der Waals surface area contributed by atoms with E-state index in [1.807, 2.05) is 0 Å². The molecule has 0 aromatic carbocycles. The van der Waals surface area contributed by atoms with Crippen molar-refractivity contribution in [3.8, 4) is 0 Å². The molecule has 3 radical (unpaired) electrons. The van der Waals surface area contributed by atoms with Crippen molar-refractivity contribution in [1.82, 2.24) is 0 Å². The summed E-state index contributed by atoms with van der Waals surface area (Å²) in [5.41, 5.74) is 0. The van der Waals surface area contributed by atoms with Crippen molar-refractivity contribution >= 4 is 37.7 Å². The molecule has 0 saturated carbocycles. The van der Waals surface area contributed by atoms with Crippen molar-refractivity contribution in [3.63, 3.8) is 0 Å². The van der Waals surface area contributed by atoms with Crippen LogP contribution >= 0.6 is 0 Å². The fraction of sp³-hybridized carbons (Fsp3) is 0. The number of rotatable bonds is 0. The lowest BCUT2D eigenvalue weighted by molar-refractivity contribution is 0.276. The average Bonchev–Trinajstić information content (AvgIpc) is 1.76. The predicted octanol–water partition coefficient (Wildman–Crippen LogP) is -8.59. The first-order valence-corrected chi connectivity index (χ1v) is 3.10. The van der Waals surface area contributed by atoms with Crippen LogP contribution in [0.1, 0.15) is 0 Å². The van der Waals surface area contributed by atoms with Crippen LogP contribution in [0.2, 0.25) is 0 Å². The van der Waals surface area contributed by atoms with Crippen molar-refractivity contribution in [2.75, 3.05) is 0 Å². The third kappa shape index (κ3) is 126000. The molecule has 0 aliphatic carbocycles. The van der Waals surface area contributed by atoms with Gasteiger partial charge in [-0.2, -0.15) is 0 Å². The minimum atomic E-state index is -2.17. The molecule has 99 valence electrons. The highest BCUT2D eigenvalue weighted by Gasteiger charge is 1.93. The van der Waals surface area contributed by atoms with E-state index in [0.717, 1.165) is 0 Å². The highest BCUT2D eigenvalue weighted by Crippen LogP contribution is 1.41. The number of hydrogen-bond donors (Lipinski definition) is 12. The Morgan fingerprint density at radius 1 is 0.294 bits per heavy atom. The van der Waals surface area contributed by atoms with Crippen LogP contribution in [0.15, 0.2) is 0 Å². The van der Waals surface area contributed by atoms with Crippen LogP contribution in [-0.2, 0) is 0 Å². The molecule has 0 saturated heterocycles. The molecule has 0 aliphatic heterocycles. The summed E-state index contributed by atoms with van der Waals surface area (Å²) in [4.78, 5) is 0. The Labute approximate surface area is 99.0 Å². The van der Waals surface area contributed by atoms with Crippen molar-refractivity contribution in [2.24, 2.45) is 0 Å². The van der Waals surface area contributed by atoms with E-state index in [2.05, 4.69) is 0 Å². The Bertz CT molecular complexity index is 57.9. The highest BCUT2D eigenvalue weighted by molar-refractivity contribution is 6.31. The molecule has 0 amide bonds. The van der Waals surface area contributed by atoms with Gasteiger partial charge in [-0.3, -0.25) is 0 Å². The molecule has 0 fully saturated rings. The van der Waals surface area contributed by atoms with Crippen LogP contribution in [0.5, 0.6) is 0 Å². The van der Waals surface area contributed by atoms with E-state index in [1.54, 1.807) is 0 Å². The maximum Gasteiger partial charge on any atom is 0.631 e. The van der Waals surface area contributed by atoms with Crippen LogP contribution in [0.25, 0.3) is 0 Å². The zero-order valence-electron chi connectivity index (χ0n) is 8.25. The van der Waals surface area contributed by atoms with E-state index in [4.69, 9.17) is 60.3 Å². The van der Waals surface area contributed by atoms with Crippen LogP contribution in [0.3, 0.4) is 0 Å². The van der Waals surface area contributed by atoms with Crippen LogP contribution in [0, 0.1) is 0 Å². The molecular weight excluding hydrogens is 246 g/mol. The van der Waals surface area contributed by atoms with Crippen LogP contribution in [-0.4, -0.2) is 98.0 Å². The third-order valence-electron chi connectivity index (χ3n) is 0. The Morgan fingerprint density at radius 3 is 0.294 bits per heavy atom. The molecule has 17 heavy (non-hydrogen) atoms. The molecule has 17 heteroatoms. The van der Waals surface area contributed by atoms with Gasteiger partial charge >= 0.3 is 29.3 Å². The van der Waals surface area contributed by atoms with E-state index in [9.17, 15) is 0 Å². The normalized spacial score (nSPS) is 6.35. The highest BCUT2D eigenvalue weighted by atomic mass is 16.5. The van der Waals surface area contributed by atoms with Gasteiger partial charge in [-0.15, -0.1) is 0 Å². The number of hydrogen-bond acceptors (Lipinski definition) is 12. The van der Waals surface area contributed by atoms with E-state index in [0.29, 0.717) is 0 Å². The standard InChI is InChI=1S/4BH3O3.B/c4*2-1(3)4;/h4*2-4H;. The third-order valence-corrected chi connectivity index (χ3v) is 0. The first kappa shape index (κ1) is 30.1. The maximum atomic E-state index is 7.17. The van der Waals surface area contributed by atoms with Gasteiger partial charge in [-0.25, -0.2) is 0 Å². The lowest BCUT2D eigenvalue weighted by Gasteiger charge is -1.69. The van der Waals surface area contributed by atoms with Gasteiger partial charge in [0.05, 0.1) is 0 Å². The van der Waals surface area contributed by atoms with Crippen LogP contribution in [0.4, 0.5) is 0 Å². The second-order valence-electron chi connectivity index (χ2n) is 1.39. The van der Waals surface area contributed by atoms with E-state index in [-0.39, 0.29) is 8.41 Å². The molecule has 0 rings (SSSR count). The molecule has 12 N–H and O–H groups in total. The molecule has 0 bridgehead atoms. The molecule has 0 spiro atoms. The van der Waals surface area contributed by atoms with Crippen molar-refractivity contribution in [3.05, 3.63) is 0 Å². The fourth-order valence-electron chi connectivity index (χ4n) is 0. The summed E-state index contributed by atoms with van der Waals surface area (Å²) < 4.78 is 0. The maximum absolute atomic E-state index is 7.17. The summed E-state index contributed by atoms with van der Waals surface area (Å²) in [6.07, 6.45) is 0. The summed E-state index contributed by atoms with van der Waals surface area (Å²) >= 11 is 0. The van der Waals surface area contributed by atoms with Gasteiger partial charge < -0.3 is 60.3 Å². The first-order chi connectivity index (χ1) is 6.93. The van der Waals surface area contributed by atoms with E-state index in [1.165, 1.54) is 0 Å². The van der Waals surface area contributed by atoms with Gasteiger partial charge in [0.2, 0.25) is 0 Å². The van der Waals surface area contributed by atoms with Gasteiger partial charge in [0.25, 0.3) is 0 Å². The summed E-state index contributed by atoms with van der Waals surface area (Å²) in [5, 5.41) is 86.0. The van der Waals surface area contributed by atoms with Crippen LogP contribution < -0.4 is 0 Å². The van der Waals surface area contributed by atoms with Gasteiger partial charge in [0, 0.05) is 8.41 Å². The Kier molecular flexibility index (Phi) is 44.1. The van der Waals surface area contributed by atoms with Crippen molar-refractivity contribution in [2.45, 2.75) is 0 Å². The quantitative estimate of drug-likeness (QED) is 0.181. The zero-order chi connectivity index (χ0) is 14.3. The lowest BCUT2D eigenvalue weighted by Crippen LogP contribution is -2.07. The SMILES string of the molecule is OB(O)O.OB(O)O.OB(O)O.OB(O)O.[B]. The summed E-state index contributed by atoms with van der Waals surface area (Å²) in [6, 6.07) is 0. The van der Waals surface area contributed by atoms with Gasteiger partial charge in [-0.05, 0) is 0 Å². The average molecular weight is 258 g/mol. The van der Waals surface area contributed by atoms with Crippen molar-refractivity contribution in [1.29, 1.82) is 0 Å². The minimum absolute atomic E-state index is 0. The van der Waals surface area contributed by atoms with Gasteiger partial charge in [0.15, 0.2) is 0 Å². The Morgan fingerprint density at radius 2 is 0.294 bits per heavy atom. The molecule has 12 nitrogen and oxygen atoms in total. The molecule has 0 aromatic rings. The topological polar surface area (TPSA) is 243 Å². The molecule has 0 aromatic heterocycles. The van der Waals surface area contributed by atoms with E-state index < -0.39 is 29.3 Å². The summed E-state index contributed by atoms with van der Waals surface area (Å²) in [7, 11) is -8.67. The smallest absolute Gasteiger partial charge is 0.402 e. The lowest BCUT2D eigenvalue weighted by atomic mass is 10.3. The molecule has 0 heterocycles. The van der Waals surface area contributed by atoms with E-state index >= 15 is 0 Å². The molecule has 0 aliphatic rings. The summed E-state index contributed by atoms with van der Waals surface area (Å²) in [5.74, 6) is 0. The second kappa shape index (κ2) is 24.9.